The fourth-order valence-corrected chi connectivity index (χ4v) is 4.45. The second-order valence-corrected chi connectivity index (χ2v) is 8.42. The Balaban J connectivity index is 1.50. The van der Waals surface area contributed by atoms with Gasteiger partial charge in [0, 0.05) is 36.1 Å². The van der Waals surface area contributed by atoms with Gasteiger partial charge in [0.15, 0.2) is 0 Å². The molecule has 7 heteroatoms. The number of methoxy groups -OCH3 is 1. The predicted octanol–water partition coefficient (Wildman–Crippen LogP) is 4.34. The molecule has 2 N–H and O–H groups in total. The summed E-state index contributed by atoms with van der Waals surface area (Å²) < 4.78 is 5.21. The summed E-state index contributed by atoms with van der Waals surface area (Å²) >= 11 is 1.65. The molecule has 1 aliphatic rings. The number of piperidine rings is 1. The summed E-state index contributed by atoms with van der Waals surface area (Å²) in [6.45, 7) is 4.06. The maximum Gasteiger partial charge on any atom is 0.321 e. The highest BCUT2D eigenvalue weighted by Gasteiger charge is 2.31. The van der Waals surface area contributed by atoms with Crippen molar-refractivity contribution in [2.45, 2.75) is 32.7 Å². The third-order valence-corrected chi connectivity index (χ3v) is 6.39. The van der Waals surface area contributed by atoms with Crippen LogP contribution in [0.3, 0.4) is 0 Å². The highest BCUT2D eigenvalue weighted by Crippen LogP contribution is 2.29. The zero-order valence-corrected chi connectivity index (χ0v) is 17.8. The highest BCUT2D eigenvalue weighted by molar-refractivity contribution is 7.09. The lowest BCUT2D eigenvalue weighted by atomic mass is 9.81. The van der Waals surface area contributed by atoms with Gasteiger partial charge in [-0.05, 0) is 41.8 Å². The van der Waals surface area contributed by atoms with E-state index in [1.165, 1.54) is 0 Å². The maximum atomic E-state index is 12.7. The van der Waals surface area contributed by atoms with Crippen LogP contribution in [-0.4, -0.2) is 37.0 Å². The van der Waals surface area contributed by atoms with Crippen LogP contribution < -0.4 is 15.4 Å². The number of carbonyl (C=O) groups is 2. The fraction of sp³-hybridized carbons (Fsp3) is 0.455. The summed E-state index contributed by atoms with van der Waals surface area (Å²) in [5.74, 6) is 1.44. The summed E-state index contributed by atoms with van der Waals surface area (Å²) in [6, 6.07) is 11.3. The van der Waals surface area contributed by atoms with E-state index in [1.54, 1.807) is 24.5 Å². The largest absolute Gasteiger partial charge is 0.497 e. The number of nitrogens with one attached hydrogen (secondary N) is 2. The standard InChI is InChI=1S/C22H29N3O3S/c1-3-16-15-25(22(27)24-18-6-4-7-19(13-18)28-2)10-9-17(16)12-21(26)23-14-20-8-5-11-29-20/h4-8,11,13,16-17H,3,9-10,12,14-15H2,1-2H3,(H,23,26)(H,24,27)/t16-,17+/m1/s1. The average Bonchev–Trinajstić information content (AvgIpc) is 3.26. The molecule has 1 aromatic carbocycles. The molecule has 2 heterocycles. The van der Waals surface area contributed by atoms with Crippen molar-refractivity contribution in [3.05, 3.63) is 46.7 Å². The van der Waals surface area contributed by atoms with Crippen molar-refractivity contribution < 1.29 is 14.3 Å². The first-order valence-corrected chi connectivity index (χ1v) is 11.0. The van der Waals surface area contributed by atoms with Crippen LogP contribution in [-0.2, 0) is 11.3 Å². The van der Waals surface area contributed by atoms with Crippen molar-refractivity contribution >= 4 is 29.0 Å². The molecule has 0 unspecified atom stereocenters. The Morgan fingerprint density at radius 2 is 2.10 bits per heavy atom. The molecule has 1 aromatic heterocycles. The number of likely N-dealkylation sites (tertiary alicyclic amines) is 1. The quantitative estimate of drug-likeness (QED) is 0.707. The van der Waals surface area contributed by atoms with Gasteiger partial charge in [-0.25, -0.2) is 4.79 Å². The van der Waals surface area contributed by atoms with E-state index >= 15 is 0 Å². The number of rotatable bonds is 7. The Morgan fingerprint density at radius 3 is 2.83 bits per heavy atom. The Kier molecular flexibility index (Phi) is 7.52. The Morgan fingerprint density at radius 1 is 1.24 bits per heavy atom. The number of amides is 3. The van der Waals surface area contributed by atoms with Crippen molar-refractivity contribution in [3.63, 3.8) is 0 Å². The van der Waals surface area contributed by atoms with E-state index in [0.717, 1.165) is 23.4 Å². The molecule has 3 rings (SSSR count). The van der Waals surface area contributed by atoms with Gasteiger partial charge in [0.05, 0.1) is 13.7 Å². The first-order chi connectivity index (χ1) is 14.1. The first-order valence-electron chi connectivity index (χ1n) is 10.1. The molecule has 0 saturated carbocycles. The first kappa shape index (κ1) is 21.2. The molecule has 2 atom stereocenters. The van der Waals surface area contributed by atoms with Crippen LogP contribution >= 0.6 is 11.3 Å². The molecule has 0 radical (unpaired) electrons. The van der Waals surface area contributed by atoms with E-state index < -0.39 is 0 Å². The smallest absolute Gasteiger partial charge is 0.321 e. The van der Waals surface area contributed by atoms with E-state index in [-0.39, 0.29) is 11.9 Å². The summed E-state index contributed by atoms with van der Waals surface area (Å²) in [5.41, 5.74) is 0.720. The van der Waals surface area contributed by atoms with Gasteiger partial charge in [0.25, 0.3) is 0 Å². The monoisotopic (exact) mass is 415 g/mol. The number of nitrogens with zero attached hydrogens (tertiary/aromatic N) is 1. The van der Waals surface area contributed by atoms with E-state index in [4.69, 9.17) is 4.74 Å². The molecule has 0 bridgehead atoms. The predicted molar refractivity (Wildman–Crippen MR) is 116 cm³/mol. The number of anilines is 1. The second-order valence-electron chi connectivity index (χ2n) is 7.39. The van der Waals surface area contributed by atoms with Crippen LogP contribution in [0.2, 0.25) is 0 Å². The van der Waals surface area contributed by atoms with Crippen LogP contribution in [0.25, 0.3) is 0 Å². The second kappa shape index (κ2) is 10.3. The lowest BCUT2D eigenvalue weighted by Crippen LogP contribution is -2.46. The minimum Gasteiger partial charge on any atom is -0.497 e. The number of benzene rings is 1. The van der Waals surface area contributed by atoms with E-state index in [9.17, 15) is 9.59 Å². The van der Waals surface area contributed by atoms with Crippen LogP contribution in [0.15, 0.2) is 41.8 Å². The zero-order valence-electron chi connectivity index (χ0n) is 17.0. The van der Waals surface area contributed by atoms with Crippen LogP contribution in [0.5, 0.6) is 5.75 Å². The number of carbonyl (C=O) groups excluding carboxylic acids is 2. The molecule has 1 fully saturated rings. The van der Waals surface area contributed by atoms with Crippen LogP contribution in [0.1, 0.15) is 31.1 Å². The van der Waals surface area contributed by atoms with Crippen molar-refractivity contribution in [1.82, 2.24) is 10.2 Å². The molecular formula is C22H29N3O3S. The third-order valence-electron chi connectivity index (χ3n) is 5.51. The Hall–Kier alpha value is -2.54. The van der Waals surface area contributed by atoms with Crippen molar-refractivity contribution in [1.29, 1.82) is 0 Å². The minimum atomic E-state index is -0.0997. The maximum absolute atomic E-state index is 12.7. The minimum absolute atomic E-state index is 0.0936. The van der Waals surface area contributed by atoms with Gasteiger partial charge < -0.3 is 20.3 Å². The molecule has 29 heavy (non-hydrogen) atoms. The normalized spacial score (nSPS) is 18.9. The molecule has 6 nitrogen and oxygen atoms in total. The van der Waals surface area contributed by atoms with Gasteiger partial charge >= 0.3 is 6.03 Å². The van der Waals surface area contributed by atoms with Gasteiger partial charge in [0.2, 0.25) is 5.91 Å². The van der Waals surface area contributed by atoms with Gasteiger partial charge in [0.1, 0.15) is 5.75 Å². The fourth-order valence-electron chi connectivity index (χ4n) is 3.81. The Bertz CT molecular complexity index is 809. The van der Waals surface area contributed by atoms with Crippen LogP contribution in [0.4, 0.5) is 10.5 Å². The lowest BCUT2D eigenvalue weighted by molar-refractivity contribution is -0.123. The van der Waals surface area contributed by atoms with E-state index in [0.29, 0.717) is 43.6 Å². The molecule has 0 aliphatic carbocycles. The van der Waals surface area contributed by atoms with Crippen molar-refractivity contribution in [2.24, 2.45) is 11.8 Å². The van der Waals surface area contributed by atoms with Crippen molar-refractivity contribution in [2.75, 3.05) is 25.5 Å². The van der Waals surface area contributed by atoms with Crippen LogP contribution in [0, 0.1) is 11.8 Å². The Labute approximate surface area is 176 Å². The SMILES string of the molecule is CC[C@@H]1CN(C(=O)Nc2cccc(OC)c2)CC[C@H]1CC(=O)NCc1cccs1. The van der Waals surface area contributed by atoms with Crippen molar-refractivity contribution in [3.8, 4) is 5.75 Å². The van der Waals surface area contributed by atoms with E-state index in [1.807, 2.05) is 40.6 Å². The molecule has 156 valence electrons. The molecular weight excluding hydrogens is 386 g/mol. The molecule has 1 aliphatic heterocycles. The molecule has 1 saturated heterocycles. The summed E-state index contributed by atoms with van der Waals surface area (Å²) in [4.78, 5) is 28.1. The molecule has 3 amide bonds. The van der Waals surface area contributed by atoms with E-state index in [2.05, 4.69) is 17.6 Å². The average molecular weight is 416 g/mol. The number of hydrogen-bond donors (Lipinski definition) is 2. The van der Waals surface area contributed by atoms with Gasteiger partial charge in [-0.15, -0.1) is 11.3 Å². The number of urea groups is 1. The van der Waals surface area contributed by atoms with Gasteiger partial charge in [-0.3, -0.25) is 4.79 Å². The summed E-state index contributed by atoms with van der Waals surface area (Å²) in [6.07, 6.45) is 2.32. The number of hydrogen-bond acceptors (Lipinski definition) is 4. The lowest BCUT2D eigenvalue weighted by Gasteiger charge is -2.38. The molecule has 2 aromatic rings. The van der Waals surface area contributed by atoms with Gasteiger partial charge in [-0.1, -0.05) is 25.5 Å². The van der Waals surface area contributed by atoms with Gasteiger partial charge in [-0.2, -0.15) is 0 Å². The summed E-state index contributed by atoms with van der Waals surface area (Å²) in [7, 11) is 1.61. The summed E-state index contributed by atoms with van der Waals surface area (Å²) in [5, 5.41) is 7.99. The highest BCUT2D eigenvalue weighted by atomic mass is 32.1. The number of ether oxygens (including phenoxy) is 1. The third kappa shape index (κ3) is 5.97. The molecule has 0 spiro atoms. The zero-order chi connectivity index (χ0) is 20.6. The number of thiophene rings is 1. The topological polar surface area (TPSA) is 70.7 Å².